The summed E-state index contributed by atoms with van der Waals surface area (Å²) in [4.78, 5) is 30.6. The van der Waals surface area contributed by atoms with Crippen molar-refractivity contribution in [3.05, 3.63) is 84.7 Å². The zero-order chi connectivity index (χ0) is 20.5. The quantitative estimate of drug-likeness (QED) is 0.556. The highest BCUT2D eigenvalue weighted by Crippen LogP contribution is 2.23. The SMILES string of the molecule is O=C(Nc1ccc(-n2cnc3ccccc32)cc1)c1ccc(N2CCCC2=O)cc1. The fraction of sp³-hybridized carbons (Fsp3) is 0.125. The summed E-state index contributed by atoms with van der Waals surface area (Å²) in [6.07, 6.45) is 3.27. The van der Waals surface area contributed by atoms with Gasteiger partial charge in [-0.05, 0) is 67.1 Å². The molecule has 1 aliphatic heterocycles. The minimum absolute atomic E-state index is 0.137. The fourth-order valence-corrected chi connectivity index (χ4v) is 3.79. The molecule has 1 N–H and O–H groups in total. The second-order valence-electron chi connectivity index (χ2n) is 7.30. The van der Waals surface area contributed by atoms with Crippen molar-refractivity contribution in [2.75, 3.05) is 16.8 Å². The van der Waals surface area contributed by atoms with Crippen molar-refractivity contribution in [1.29, 1.82) is 0 Å². The van der Waals surface area contributed by atoms with E-state index in [1.807, 2.05) is 65.2 Å². The first kappa shape index (κ1) is 18.1. The van der Waals surface area contributed by atoms with Crippen molar-refractivity contribution in [2.45, 2.75) is 12.8 Å². The van der Waals surface area contributed by atoms with Crippen LogP contribution >= 0.6 is 0 Å². The van der Waals surface area contributed by atoms with Gasteiger partial charge in [-0.15, -0.1) is 0 Å². The van der Waals surface area contributed by atoms with Crippen LogP contribution in [0.3, 0.4) is 0 Å². The Morgan fingerprint density at radius 1 is 0.900 bits per heavy atom. The van der Waals surface area contributed by atoms with Gasteiger partial charge in [-0.1, -0.05) is 12.1 Å². The number of nitrogens with zero attached hydrogens (tertiary/aromatic N) is 3. The number of benzene rings is 3. The van der Waals surface area contributed by atoms with Gasteiger partial charge >= 0.3 is 0 Å². The zero-order valence-electron chi connectivity index (χ0n) is 16.3. The van der Waals surface area contributed by atoms with E-state index < -0.39 is 0 Å². The van der Waals surface area contributed by atoms with E-state index in [0.29, 0.717) is 17.7 Å². The van der Waals surface area contributed by atoms with Gasteiger partial charge in [-0.3, -0.25) is 14.2 Å². The molecule has 0 unspecified atom stereocenters. The Morgan fingerprint density at radius 2 is 1.63 bits per heavy atom. The van der Waals surface area contributed by atoms with Crippen molar-refractivity contribution in [3.8, 4) is 5.69 Å². The Morgan fingerprint density at radius 3 is 2.37 bits per heavy atom. The van der Waals surface area contributed by atoms with E-state index in [4.69, 9.17) is 0 Å². The van der Waals surface area contributed by atoms with Crippen LogP contribution in [0, 0.1) is 0 Å². The van der Waals surface area contributed by atoms with Crippen molar-refractivity contribution in [1.82, 2.24) is 9.55 Å². The topological polar surface area (TPSA) is 67.2 Å². The molecule has 1 aliphatic rings. The summed E-state index contributed by atoms with van der Waals surface area (Å²) < 4.78 is 2.01. The van der Waals surface area contributed by atoms with Gasteiger partial charge in [0.05, 0.1) is 11.0 Å². The average molecular weight is 396 g/mol. The maximum Gasteiger partial charge on any atom is 0.255 e. The molecule has 2 amide bonds. The van der Waals surface area contributed by atoms with Gasteiger partial charge in [0.25, 0.3) is 5.91 Å². The molecule has 2 heterocycles. The number of carbonyl (C=O) groups is 2. The van der Waals surface area contributed by atoms with Crippen LogP contribution in [0.1, 0.15) is 23.2 Å². The lowest BCUT2D eigenvalue weighted by Gasteiger charge is -2.15. The van der Waals surface area contributed by atoms with Crippen LogP contribution in [-0.2, 0) is 4.79 Å². The molecule has 0 bridgehead atoms. The van der Waals surface area contributed by atoms with Crippen LogP contribution in [0.4, 0.5) is 11.4 Å². The smallest absolute Gasteiger partial charge is 0.255 e. The number of nitrogens with one attached hydrogen (secondary N) is 1. The number of amides is 2. The van der Waals surface area contributed by atoms with E-state index in [-0.39, 0.29) is 11.8 Å². The summed E-state index contributed by atoms with van der Waals surface area (Å²) in [7, 11) is 0. The molecule has 4 aromatic rings. The highest BCUT2D eigenvalue weighted by atomic mass is 16.2. The van der Waals surface area contributed by atoms with Gasteiger partial charge in [-0.2, -0.15) is 0 Å². The van der Waals surface area contributed by atoms with Crippen molar-refractivity contribution < 1.29 is 9.59 Å². The summed E-state index contributed by atoms with van der Waals surface area (Å²) in [5.74, 6) is -0.0481. The molecule has 1 fully saturated rings. The van der Waals surface area contributed by atoms with Crippen molar-refractivity contribution >= 4 is 34.2 Å². The molecule has 5 rings (SSSR count). The maximum atomic E-state index is 12.6. The highest BCUT2D eigenvalue weighted by molar-refractivity contribution is 6.05. The summed E-state index contributed by atoms with van der Waals surface area (Å²) in [6, 6.07) is 22.8. The molecule has 148 valence electrons. The lowest BCUT2D eigenvalue weighted by molar-refractivity contribution is -0.117. The van der Waals surface area contributed by atoms with E-state index in [1.54, 1.807) is 23.4 Å². The second kappa shape index (κ2) is 7.48. The normalized spacial score (nSPS) is 13.7. The number of para-hydroxylation sites is 2. The second-order valence-corrected chi connectivity index (χ2v) is 7.30. The number of anilines is 2. The van der Waals surface area contributed by atoms with Crippen LogP contribution in [0.25, 0.3) is 16.7 Å². The van der Waals surface area contributed by atoms with Crippen LogP contribution < -0.4 is 10.2 Å². The molecule has 6 heteroatoms. The van der Waals surface area contributed by atoms with Crippen LogP contribution in [0.15, 0.2) is 79.1 Å². The summed E-state index contributed by atoms with van der Waals surface area (Å²) >= 11 is 0. The standard InChI is InChI=1S/C24H20N4O2/c29-23-6-3-15-27(23)19-11-7-17(8-12-19)24(30)26-18-9-13-20(14-10-18)28-16-25-21-4-1-2-5-22(21)28/h1-2,4-5,7-14,16H,3,6,15H2,(H,26,30). The molecule has 3 aromatic carbocycles. The molecule has 0 radical (unpaired) electrons. The predicted octanol–water partition coefficient (Wildman–Crippen LogP) is 4.40. The predicted molar refractivity (Wildman–Crippen MR) is 117 cm³/mol. The molecule has 0 aliphatic carbocycles. The fourth-order valence-electron chi connectivity index (χ4n) is 3.79. The molecule has 0 atom stereocenters. The first-order valence-corrected chi connectivity index (χ1v) is 9.93. The van der Waals surface area contributed by atoms with Crippen LogP contribution in [0.2, 0.25) is 0 Å². The number of carbonyl (C=O) groups excluding carboxylic acids is 2. The third kappa shape index (κ3) is 3.33. The van der Waals surface area contributed by atoms with E-state index in [2.05, 4.69) is 10.3 Å². The Hall–Kier alpha value is -3.93. The van der Waals surface area contributed by atoms with Gasteiger partial charge in [-0.25, -0.2) is 4.98 Å². The van der Waals surface area contributed by atoms with Crippen LogP contribution in [-0.4, -0.2) is 27.9 Å². The molecular formula is C24H20N4O2. The maximum absolute atomic E-state index is 12.6. The van der Waals surface area contributed by atoms with E-state index in [9.17, 15) is 9.59 Å². The first-order chi connectivity index (χ1) is 14.7. The summed E-state index contributed by atoms with van der Waals surface area (Å²) in [6.45, 7) is 0.739. The minimum Gasteiger partial charge on any atom is -0.322 e. The number of imidazole rings is 1. The largest absolute Gasteiger partial charge is 0.322 e. The third-order valence-corrected chi connectivity index (χ3v) is 5.37. The van der Waals surface area contributed by atoms with Crippen LogP contribution in [0.5, 0.6) is 0 Å². The number of rotatable bonds is 4. The first-order valence-electron chi connectivity index (χ1n) is 9.93. The Bertz CT molecular complexity index is 1230. The lowest BCUT2D eigenvalue weighted by atomic mass is 10.1. The Kier molecular flexibility index (Phi) is 4.52. The van der Waals surface area contributed by atoms with E-state index in [0.717, 1.165) is 35.4 Å². The van der Waals surface area contributed by atoms with Gasteiger partial charge in [0.1, 0.15) is 6.33 Å². The van der Waals surface area contributed by atoms with Crippen molar-refractivity contribution in [3.63, 3.8) is 0 Å². The zero-order valence-corrected chi connectivity index (χ0v) is 16.3. The Labute approximate surface area is 173 Å². The summed E-state index contributed by atoms with van der Waals surface area (Å²) in [5.41, 5.74) is 5.05. The van der Waals surface area contributed by atoms with Gasteiger partial charge in [0.15, 0.2) is 0 Å². The lowest BCUT2D eigenvalue weighted by Crippen LogP contribution is -2.23. The molecular weight excluding hydrogens is 376 g/mol. The molecule has 0 saturated carbocycles. The number of hydrogen-bond donors (Lipinski definition) is 1. The van der Waals surface area contributed by atoms with Gasteiger partial charge in [0.2, 0.25) is 5.91 Å². The average Bonchev–Trinajstić information content (AvgIpc) is 3.41. The Balaban J connectivity index is 1.30. The third-order valence-electron chi connectivity index (χ3n) is 5.37. The highest BCUT2D eigenvalue weighted by Gasteiger charge is 2.21. The number of hydrogen-bond acceptors (Lipinski definition) is 3. The minimum atomic E-state index is -0.185. The van der Waals surface area contributed by atoms with Gasteiger partial charge < -0.3 is 10.2 Å². The van der Waals surface area contributed by atoms with E-state index in [1.165, 1.54) is 0 Å². The monoisotopic (exact) mass is 396 g/mol. The molecule has 1 aromatic heterocycles. The molecule has 1 saturated heterocycles. The molecule has 30 heavy (non-hydrogen) atoms. The number of fused-ring (bicyclic) bond motifs is 1. The van der Waals surface area contributed by atoms with Crippen molar-refractivity contribution in [2.24, 2.45) is 0 Å². The van der Waals surface area contributed by atoms with Gasteiger partial charge in [0, 0.05) is 35.6 Å². The molecule has 6 nitrogen and oxygen atoms in total. The molecule has 0 spiro atoms. The van der Waals surface area contributed by atoms with E-state index >= 15 is 0 Å². The summed E-state index contributed by atoms with van der Waals surface area (Å²) in [5, 5.41) is 2.92. The number of aromatic nitrogens is 2.